The molecule has 0 heterocycles. The maximum atomic E-state index is 11.6. The van der Waals surface area contributed by atoms with Gasteiger partial charge < -0.3 is 19.5 Å². The summed E-state index contributed by atoms with van der Waals surface area (Å²) in [6, 6.07) is 5.87. The molecule has 1 N–H and O–H groups in total. The van der Waals surface area contributed by atoms with Crippen LogP contribution >= 0.6 is 0 Å². The highest BCUT2D eigenvalue weighted by Crippen LogP contribution is 2.30. The number of hydrogen-bond donors (Lipinski definition) is 1. The molecular formula is C16H25NO4. The van der Waals surface area contributed by atoms with E-state index in [4.69, 9.17) is 14.2 Å². The van der Waals surface area contributed by atoms with Gasteiger partial charge in [0, 0.05) is 12.1 Å². The van der Waals surface area contributed by atoms with E-state index in [1.165, 1.54) is 7.11 Å². The van der Waals surface area contributed by atoms with Crippen LogP contribution in [0.25, 0.3) is 0 Å². The van der Waals surface area contributed by atoms with E-state index in [2.05, 4.69) is 5.32 Å². The number of rotatable bonds is 7. The summed E-state index contributed by atoms with van der Waals surface area (Å²) in [4.78, 5) is 11.6. The molecule has 1 rings (SSSR count). The molecule has 0 saturated heterocycles. The first-order valence-corrected chi connectivity index (χ1v) is 7.00. The third-order valence-corrected chi connectivity index (χ3v) is 3.74. The number of esters is 1. The maximum absolute atomic E-state index is 11.6. The first kappa shape index (κ1) is 17.3. The van der Waals surface area contributed by atoms with Gasteiger partial charge in [-0.3, -0.25) is 4.79 Å². The number of carbonyl (C=O) groups is 1. The van der Waals surface area contributed by atoms with Gasteiger partial charge in [0.1, 0.15) is 0 Å². The SMILES string of the molecule is COC(=O)C(C)C(C)NC(C)c1ccc(OC)c(OC)c1. The summed E-state index contributed by atoms with van der Waals surface area (Å²) in [6.45, 7) is 5.87. The fourth-order valence-electron chi connectivity index (χ4n) is 2.15. The van der Waals surface area contributed by atoms with Gasteiger partial charge in [-0.2, -0.15) is 0 Å². The molecule has 0 saturated carbocycles. The van der Waals surface area contributed by atoms with E-state index in [0.29, 0.717) is 11.5 Å². The third kappa shape index (κ3) is 4.36. The Labute approximate surface area is 126 Å². The van der Waals surface area contributed by atoms with Crippen LogP contribution in [0.15, 0.2) is 18.2 Å². The Morgan fingerprint density at radius 1 is 1.05 bits per heavy atom. The van der Waals surface area contributed by atoms with Crippen LogP contribution in [-0.4, -0.2) is 33.3 Å². The van der Waals surface area contributed by atoms with Crippen molar-refractivity contribution in [3.8, 4) is 11.5 Å². The summed E-state index contributed by atoms with van der Waals surface area (Å²) in [5.74, 6) is 0.967. The van der Waals surface area contributed by atoms with Crippen LogP contribution in [0.4, 0.5) is 0 Å². The zero-order chi connectivity index (χ0) is 16.0. The lowest BCUT2D eigenvalue weighted by Crippen LogP contribution is -2.38. The highest BCUT2D eigenvalue weighted by Gasteiger charge is 2.22. The number of methoxy groups -OCH3 is 3. The summed E-state index contributed by atoms with van der Waals surface area (Å²) in [5.41, 5.74) is 1.07. The summed E-state index contributed by atoms with van der Waals surface area (Å²) in [5, 5.41) is 3.40. The summed E-state index contributed by atoms with van der Waals surface area (Å²) in [6.07, 6.45) is 0. The fourth-order valence-corrected chi connectivity index (χ4v) is 2.15. The van der Waals surface area contributed by atoms with E-state index in [-0.39, 0.29) is 24.0 Å². The molecule has 21 heavy (non-hydrogen) atoms. The lowest BCUT2D eigenvalue weighted by atomic mass is 10.0. The zero-order valence-electron chi connectivity index (χ0n) is 13.6. The average Bonchev–Trinajstić information content (AvgIpc) is 2.52. The van der Waals surface area contributed by atoms with E-state index in [1.54, 1.807) is 14.2 Å². The zero-order valence-corrected chi connectivity index (χ0v) is 13.6. The third-order valence-electron chi connectivity index (χ3n) is 3.74. The molecule has 0 amide bonds. The van der Waals surface area contributed by atoms with Crippen molar-refractivity contribution in [2.75, 3.05) is 21.3 Å². The minimum atomic E-state index is -0.213. The number of carbonyl (C=O) groups excluding carboxylic acids is 1. The quantitative estimate of drug-likeness (QED) is 0.783. The molecule has 0 bridgehead atoms. The Morgan fingerprint density at radius 2 is 1.67 bits per heavy atom. The molecule has 0 radical (unpaired) electrons. The lowest BCUT2D eigenvalue weighted by Gasteiger charge is -2.24. The molecule has 0 spiro atoms. The molecule has 0 aromatic heterocycles. The summed E-state index contributed by atoms with van der Waals surface area (Å²) in [7, 11) is 4.63. The van der Waals surface area contributed by atoms with Gasteiger partial charge in [-0.05, 0) is 31.5 Å². The Balaban J connectivity index is 2.79. The maximum Gasteiger partial charge on any atom is 0.309 e. The van der Waals surface area contributed by atoms with Gasteiger partial charge in [0.15, 0.2) is 11.5 Å². The predicted octanol–water partition coefficient (Wildman–Crippen LogP) is 2.55. The van der Waals surface area contributed by atoms with Crippen LogP contribution in [0.1, 0.15) is 32.4 Å². The van der Waals surface area contributed by atoms with Gasteiger partial charge in [0.05, 0.1) is 27.2 Å². The van der Waals surface area contributed by atoms with Crippen LogP contribution < -0.4 is 14.8 Å². The van der Waals surface area contributed by atoms with E-state index in [1.807, 2.05) is 39.0 Å². The summed E-state index contributed by atoms with van der Waals surface area (Å²) >= 11 is 0. The minimum absolute atomic E-state index is 0.000506. The molecule has 0 fully saturated rings. The Morgan fingerprint density at radius 3 is 2.19 bits per heavy atom. The highest BCUT2D eigenvalue weighted by atomic mass is 16.5. The number of ether oxygens (including phenoxy) is 3. The fraction of sp³-hybridized carbons (Fsp3) is 0.562. The van der Waals surface area contributed by atoms with E-state index in [9.17, 15) is 4.79 Å². The van der Waals surface area contributed by atoms with Gasteiger partial charge in [0.2, 0.25) is 0 Å². The molecule has 3 unspecified atom stereocenters. The molecule has 1 aromatic rings. The molecule has 5 heteroatoms. The first-order chi connectivity index (χ1) is 9.94. The number of nitrogens with one attached hydrogen (secondary N) is 1. The Kier molecular flexibility index (Phi) is 6.49. The average molecular weight is 295 g/mol. The monoisotopic (exact) mass is 295 g/mol. The van der Waals surface area contributed by atoms with Crippen molar-refractivity contribution in [1.29, 1.82) is 0 Å². The van der Waals surface area contributed by atoms with Crippen molar-refractivity contribution in [2.24, 2.45) is 5.92 Å². The van der Waals surface area contributed by atoms with Crippen molar-refractivity contribution in [2.45, 2.75) is 32.9 Å². The molecule has 3 atom stereocenters. The van der Waals surface area contributed by atoms with Crippen molar-refractivity contribution in [3.05, 3.63) is 23.8 Å². The van der Waals surface area contributed by atoms with Crippen LogP contribution in [0, 0.1) is 5.92 Å². The van der Waals surface area contributed by atoms with Crippen LogP contribution in [-0.2, 0) is 9.53 Å². The molecule has 5 nitrogen and oxygen atoms in total. The smallest absolute Gasteiger partial charge is 0.309 e. The van der Waals surface area contributed by atoms with Gasteiger partial charge in [-0.1, -0.05) is 13.0 Å². The van der Waals surface area contributed by atoms with Crippen molar-refractivity contribution in [1.82, 2.24) is 5.32 Å². The van der Waals surface area contributed by atoms with Gasteiger partial charge in [-0.15, -0.1) is 0 Å². The number of hydrogen-bond acceptors (Lipinski definition) is 5. The molecular weight excluding hydrogens is 270 g/mol. The van der Waals surface area contributed by atoms with E-state index >= 15 is 0 Å². The second kappa shape index (κ2) is 7.88. The minimum Gasteiger partial charge on any atom is -0.493 e. The normalized spacial score (nSPS) is 15.0. The lowest BCUT2D eigenvalue weighted by molar-refractivity contribution is -0.145. The second-order valence-corrected chi connectivity index (χ2v) is 5.10. The van der Waals surface area contributed by atoms with Crippen LogP contribution in [0.5, 0.6) is 11.5 Å². The Bertz CT molecular complexity index is 475. The largest absolute Gasteiger partial charge is 0.493 e. The summed E-state index contributed by atoms with van der Waals surface area (Å²) < 4.78 is 15.3. The molecule has 118 valence electrons. The second-order valence-electron chi connectivity index (χ2n) is 5.10. The first-order valence-electron chi connectivity index (χ1n) is 7.00. The highest BCUT2D eigenvalue weighted by molar-refractivity contribution is 5.72. The molecule has 0 aliphatic carbocycles. The van der Waals surface area contributed by atoms with Gasteiger partial charge in [-0.25, -0.2) is 0 Å². The number of benzene rings is 1. The topological polar surface area (TPSA) is 56.8 Å². The van der Waals surface area contributed by atoms with Crippen LogP contribution in [0.2, 0.25) is 0 Å². The molecule has 0 aliphatic rings. The standard InChI is InChI=1S/C16H25NO4/c1-10(16(18)21-6)11(2)17-12(3)13-7-8-14(19-4)15(9-13)20-5/h7-12,17H,1-6H3. The Hall–Kier alpha value is -1.75. The van der Waals surface area contributed by atoms with Crippen molar-refractivity contribution >= 4 is 5.97 Å². The van der Waals surface area contributed by atoms with Crippen molar-refractivity contribution in [3.63, 3.8) is 0 Å². The predicted molar refractivity (Wildman–Crippen MR) is 81.7 cm³/mol. The van der Waals surface area contributed by atoms with Crippen molar-refractivity contribution < 1.29 is 19.0 Å². The van der Waals surface area contributed by atoms with E-state index < -0.39 is 0 Å². The van der Waals surface area contributed by atoms with E-state index in [0.717, 1.165) is 5.56 Å². The van der Waals surface area contributed by atoms with Gasteiger partial charge in [0.25, 0.3) is 0 Å². The molecule has 1 aromatic carbocycles. The van der Waals surface area contributed by atoms with Crippen LogP contribution in [0.3, 0.4) is 0 Å². The molecule has 0 aliphatic heterocycles. The van der Waals surface area contributed by atoms with Gasteiger partial charge >= 0.3 is 5.97 Å².